The van der Waals surface area contributed by atoms with Crippen LogP contribution in [0.3, 0.4) is 0 Å². The fourth-order valence-corrected chi connectivity index (χ4v) is 3.08. The maximum atomic E-state index is 5.46. The normalized spacial score (nSPS) is 14.0. The van der Waals surface area contributed by atoms with E-state index in [1.165, 1.54) is 18.4 Å². The third kappa shape index (κ3) is 3.73. The molecule has 0 spiro atoms. The van der Waals surface area contributed by atoms with E-state index in [0.717, 1.165) is 48.9 Å². The summed E-state index contributed by atoms with van der Waals surface area (Å²) in [6.07, 6.45) is 8.67. The molecule has 1 saturated carbocycles. The van der Waals surface area contributed by atoms with Crippen LogP contribution in [0.1, 0.15) is 41.7 Å². The van der Waals surface area contributed by atoms with Crippen LogP contribution in [0.4, 0.5) is 0 Å². The van der Waals surface area contributed by atoms with Crippen molar-refractivity contribution in [1.29, 1.82) is 0 Å². The first-order chi connectivity index (χ1) is 12.3. The number of nitrogens with zero attached hydrogens (tertiary/aromatic N) is 4. The number of hydrogen-bond acceptors (Lipinski definition) is 4. The Morgan fingerprint density at radius 2 is 2.08 bits per heavy atom. The minimum atomic E-state index is 0.568. The van der Waals surface area contributed by atoms with E-state index in [-0.39, 0.29) is 0 Å². The van der Waals surface area contributed by atoms with Gasteiger partial charge in [0.25, 0.3) is 0 Å². The van der Waals surface area contributed by atoms with Gasteiger partial charge in [-0.05, 0) is 30.9 Å². The molecule has 0 aliphatic heterocycles. The van der Waals surface area contributed by atoms with Gasteiger partial charge in [0.1, 0.15) is 11.6 Å². The lowest BCUT2D eigenvalue weighted by molar-refractivity contribution is 0.409. The topological polar surface area (TPSA) is 68.6 Å². The summed E-state index contributed by atoms with van der Waals surface area (Å²) in [6.45, 7) is 0.823. The van der Waals surface area contributed by atoms with Gasteiger partial charge in [-0.1, -0.05) is 18.2 Å². The van der Waals surface area contributed by atoms with Crippen LogP contribution in [0.15, 0.2) is 36.8 Å². The first kappa shape index (κ1) is 15.9. The summed E-state index contributed by atoms with van der Waals surface area (Å²) in [5.41, 5.74) is 2.33. The van der Waals surface area contributed by atoms with Gasteiger partial charge in [0.2, 0.25) is 0 Å². The van der Waals surface area contributed by atoms with Crippen LogP contribution in [0.25, 0.3) is 0 Å². The molecule has 1 aliphatic carbocycles. The smallest absolute Gasteiger partial charge is 0.154 e. The summed E-state index contributed by atoms with van der Waals surface area (Å²) < 4.78 is 7.53. The minimum absolute atomic E-state index is 0.568. The molecule has 1 aromatic carbocycles. The van der Waals surface area contributed by atoms with Crippen LogP contribution in [-0.2, 0) is 25.8 Å². The van der Waals surface area contributed by atoms with Crippen LogP contribution < -0.4 is 4.74 Å². The summed E-state index contributed by atoms with van der Waals surface area (Å²) in [5.74, 6) is 3.58. The summed E-state index contributed by atoms with van der Waals surface area (Å²) >= 11 is 0. The van der Waals surface area contributed by atoms with Crippen LogP contribution in [0.2, 0.25) is 0 Å². The molecule has 4 rings (SSSR count). The Balaban J connectivity index is 1.49. The maximum Gasteiger partial charge on any atom is 0.154 e. The molecule has 1 N–H and O–H groups in total. The van der Waals surface area contributed by atoms with E-state index in [2.05, 4.69) is 26.8 Å². The second kappa shape index (κ2) is 7.09. The predicted octanol–water partition coefficient (Wildman–Crippen LogP) is 2.92. The Kier molecular flexibility index (Phi) is 4.50. The molecule has 0 saturated heterocycles. The number of benzene rings is 1. The van der Waals surface area contributed by atoms with Crippen LogP contribution in [-0.4, -0.2) is 31.8 Å². The van der Waals surface area contributed by atoms with Crippen molar-refractivity contribution < 1.29 is 4.74 Å². The van der Waals surface area contributed by atoms with Gasteiger partial charge in [0.05, 0.1) is 13.4 Å². The predicted molar refractivity (Wildman–Crippen MR) is 94.7 cm³/mol. The van der Waals surface area contributed by atoms with Crippen molar-refractivity contribution in [3.63, 3.8) is 0 Å². The van der Waals surface area contributed by atoms with Crippen molar-refractivity contribution in [1.82, 2.24) is 24.7 Å². The largest absolute Gasteiger partial charge is 0.496 e. The van der Waals surface area contributed by atoms with E-state index < -0.39 is 0 Å². The Morgan fingerprint density at radius 1 is 1.20 bits per heavy atom. The zero-order valence-corrected chi connectivity index (χ0v) is 14.5. The number of para-hydroxylation sites is 1. The van der Waals surface area contributed by atoms with Crippen molar-refractivity contribution in [2.24, 2.45) is 0 Å². The molecule has 1 aliphatic rings. The number of imidazole rings is 1. The maximum absolute atomic E-state index is 5.46. The molecule has 2 heterocycles. The number of rotatable bonds is 8. The molecule has 2 aromatic heterocycles. The Morgan fingerprint density at radius 3 is 2.84 bits per heavy atom. The molecular weight excluding hydrogens is 314 g/mol. The average molecular weight is 337 g/mol. The SMILES string of the molecule is COc1ccccc1CCc1nc(C2CC2)nn1CCc1cnc[nH]1. The van der Waals surface area contributed by atoms with E-state index in [0.29, 0.717) is 5.92 Å². The molecule has 0 atom stereocenters. The van der Waals surface area contributed by atoms with E-state index in [4.69, 9.17) is 14.8 Å². The van der Waals surface area contributed by atoms with E-state index in [1.807, 2.05) is 18.3 Å². The summed E-state index contributed by atoms with van der Waals surface area (Å²) in [7, 11) is 1.72. The van der Waals surface area contributed by atoms with Gasteiger partial charge < -0.3 is 9.72 Å². The van der Waals surface area contributed by atoms with Gasteiger partial charge in [-0.2, -0.15) is 5.10 Å². The van der Waals surface area contributed by atoms with Crippen LogP contribution in [0, 0.1) is 0 Å². The van der Waals surface area contributed by atoms with Crippen molar-refractivity contribution in [2.75, 3.05) is 7.11 Å². The third-order valence-electron chi connectivity index (χ3n) is 4.67. The fourth-order valence-electron chi connectivity index (χ4n) is 3.08. The molecule has 6 heteroatoms. The summed E-state index contributed by atoms with van der Waals surface area (Å²) in [5, 5.41) is 4.77. The quantitative estimate of drug-likeness (QED) is 0.686. The third-order valence-corrected chi connectivity index (χ3v) is 4.67. The molecule has 6 nitrogen and oxygen atoms in total. The van der Waals surface area contributed by atoms with E-state index in [1.54, 1.807) is 13.4 Å². The van der Waals surface area contributed by atoms with Gasteiger partial charge in [-0.25, -0.2) is 14.6 Å². The lowest BCUT2D eigenvalue weighted by atomic mass is 10.1. The highest BCUT2D eigenvalue weighted by atomic mass is 16.5. The zero-order valence-electron chi connectivity index (χ0n) is 14.5. The molecule has 0 radical (unpaired) electrons. The second-order valence-corrected chi connectivity index (χ2v) is 6.52. The number of H-pyrrole nitrogens is 1. The average Bonchev–Trinajstić information content (AvgIpc) is 3.21. The van der Waals surface area contributed by atoms with Crippen molar-refractivity contribution in [3.8, 4) is 5.75 Å². The lowest BCUT2D eigenvalue weighted by Crippen LogP contribution is -2.09. The van der Waals surface area contributed by atoms with Crippen molar-refractivity contribution >= 4 is 0 Å². The molecule has 0 bridgehead atoms. The van der Waals surface area contributed by atoms with Gasteiger partial charge in [-0.3, -0.25) is 0 Å². The zero-order chi connectivity index (χ0) is 17.1. The number of nitrogens with one attached hydrogen (secondary N) is 1. The van der Waals surface area contributed by atoms with Crippen molar-refractivity contribution in [2.45, 2.75) is 44.6 Å². The highest BCUT2D eigenvalue weighted by Crippen LogP contribution is 2.38. The molecular formula is C19H23N5O. The first-order valence-corrected chi connectivity index (χ1v) is 8.86. The molecule has 0 unspecified atom stereocenters. The molecule has 0 amide bonds. The Labute approximate surface area is 147 Å². The van der Waals surface area contributed by atoms with Gasteiger partial charge in [0.15, 0.2) is 5.82 Å². The number of aryl methyl sites for hydroxylation is 4. The minimum Gasteiger partial charge on any atom is -0.496 e. The lowest BCUT2D eigenvalue weighted by Gasteiger charge is -2.08. The standard InChI is InChI=1S/C19H23N5O/c1-25-17-5-3-2-4-14(17)8-9-18-22-19(15-6-7-15)23-24(18)11-10-16-12-20-13-21-16/h2-5,12-13,15H,6-11H2,1H3,(H,20,21). The van der Waals surface area contributed by atoms with E-state index >= 15 is 0 Å². The molecule has 3 aromatic rings. The van der Waals surface area contributed by atoms with Crippen LogP contribution in [0.5, 0.6) is 5.75 Å². The number of aromatic nitrogens is 5. The number of methoxy groups -OCH3 is 1. The molecule has 25 heavy (non-hydrogen) atoms. The van der Waals surface area contributed by atoms with Gasteiger partial charge in [0, 0.05) is 37.2 Å². The highest BCUT2D eigenvalue weighted by molar-refractivity contribution is 5.33. The second-order valence-electron chi connectivity index (χ2n) is 6.52. The van der Waals surface area contributed by atoms with Crippen molar-refractivity contribution in [3.05, 3.63) is 59.7 Å². The highest BCUT2D eigenvalue weighted by Gasteiger charge is 2.28. The van der Waals surface area contributed by atoms with Gasteiger partial charge >= 0.3 is 0 Å². The Hall–Kier alpha value is -2.63. The fraction of sp³-hybridized carbons (Fsp3) is 0.421. The number of aromatic amines is 1. The van der Waals surface area contributed by atoms with Crippen LogP contribution >= 0.6 is 0 Å². The summed E-state index contributed by atoms with van der Waals surface area (Å²) in [6, 6.07) is 8.18. The number of hydrogen-bond donors (Lipinski definition) is 1. The molecule has 1 fully saturated rings. The van der Waals surface area contributed by atoms with E-state index in [9.17, 15) is 0 Å². The monoisotopic (exact) mass is 337 g/mol. The van der Waals surface area contributed by atoms with Gasteiger partial charge in [-0.15, -0.1) is 0 Å². The first-order valence-electron chi connectivity index (χ1n) is 8.86. The number of ether oxygens (including phenoxy) is 1. The summed E-state index contributed by atoms with van der Waals surface area (Å²) in [4.78, 5) is 12.1. The Bertz CT molecular complexity index is 820. The molecule has 130 valence electrons.